The lowest BCUT2D eigenvalue weighted by molar-refractivity contribution is -0.120. The van der Waals surface area contributed by atoms with Crippen LogP contribution >= 0.6 is 11.3 Å². The van der Waals surface area contributed by atoms with Gasteiger partial charge in [0.25, 0.3) is 0 Å². The Hall–Kier alpha value is -1.95. The minimum atomic E-state index is 0.0769. The van der Waals surface area contributed by atoms with Gasteiger partial charge in [-0.2, -0.15) is 0 Å². The first-order valence-corrected chi connectivity index (χ1v) is 8.36. The molecule has 1 aromatic heterocycles. The molecule has 5 nitrogen and oxygen atoms in total. The number of benzene rings is 1. The van der Waals surface area contributed by atoms with Crippen molar-refractivity contribution in [2.45, 2.75) is 32.1 Å². The smallest absolute Gasteiger partial charge is 0.229 e. The van der Waals surface area contributed by atoms with Crippen LogP contribution in [-0.4, -0.2) is 23.2 Å². The number of amides is 1. The molecule has 0 bridgehead atoms. The van der Waals surface area contributed by atoms with E-state index < -0.39 is 0 Å². The number of nitrogens with one attached hydrogen (secondary N) is 1. The van der Waals surface area contributed by atoms with E-state index in [0.29, 0.717) is 5.13 Å². The number of ether oxygens (including phenoxy) is 1. The van der Waals surface area contributed by atoms with Crippen molar-refractivity contribution in [1.82, 2.24) is 10.2 Å². The van der Waals surface area contributed by atoms with Crippen LogP contribution in [0.2, 0.25) is 0 Å². The summed E-state index contributed by atoms with van der Waals surface area (Å²) < 4.78 is 5.21. The molecule has 22 heavy (non-hydrogen) atoms. The molecule has 1 aliphatic rings. The minimum absolute atomic E-state index is 0.0769. The molecule has 0 atom stereocenters. The van der Waals surface area contributed by atoms with Gasteiger partial charge in [-0.05, 0) is 25.0 Å². The average molecular weight is 317 g/mol. The first-order chi connectivity index (χ1) is 10.8. The highest BCUT2D eigenvalue weighted by Crippen LogP contribution is 2.30. The molecule has 0 radical (unpaired) electrons. The van der Waals surface area contributed by atoms with Gasteiger partial charge in [-0.1, -0.05) is 42.7 Å². The number of methoxy groups -OCH3 is 1. The van der Waals surface area contributed by atoms with Crippen LogP contribution in [0.3, 0.4) is 0 Å². The molecule has 0 unspecified atom stereocenters. The Morgan fingerprint density at radius 1 is 1.27 bits per heavy atom. The zero-order valence-corrected chi connectivity index (χ0v) is 13.4. The van der Waals surface area contributed by atoms with Crippen molar-refractivity contribution >= 4 is 22.4 Å². The number of anilines is 1. The Kier molecular flexibility index (Phi) is 4.68. The van der Waals surface area contributed by atoms with Crippen molar-refractivity contribution in [2.75, 3.05) is 12.4 Å². The largest absolute Gasteiger partial charge is 0.497 e. The van der Waals surface area contributed by atoms with E-state index in [2.05, 4.69) is 15.5 Å². The lowest BCUT2D eigenvalue weighted by Gasteiger charge is -2.19. The van der Waals surface area contributed by atoms with Crippen LogP contribution in [0.4, 0.5) is 5.13 Å². The van der Waals surface area contributed by atoms with Crippen molar-refractivity contribution in [1.29, 1.82) is 0 Å². The Morgan fingerprint density at radius 2 is 2.09 bits per heavy atom. The summed E-state index contributed by atoms with van der Waals surface area (Å²) in [4.78, 5) is 12.2. The minimum Gasteiger partial charge on any atom is -0.497 e. The summed E-state index contributed by atoms with van der Waals surface area (Å²) in [5.74, 6) is 0.978. The van der Waals surface area contributed by atoms with Crippen molar-refractivity contribution < 1.29 is 9.53 Å². The molecular weight excluding hydrogens is 298 g/mol. The van der Waals surface area contributed by atoms with Crippen LogP contribution in [0.25, 0.3) is 10.6 Å². The summed E-state index contributed by atoms with van der Waals surface area (Å²) >= 11 is 1.39. The Labute approximate surface area is 133 Å². The van der Waals surface area contributed by atoms with Crippen molar-refractivity contribution in [2.24, 2.45) is 5.92 Å². The molecule has 1 amide bonds. The predicted molar refractivity (Wildman–Crippen MR) is 87.1 cm³/mol. The van der Waals surface area contributed by atoms with Gasteiger partial charge in [0.1, 0.15) is 10.8 Å². The number of carbonyl (C=O) groups excluding carboxylic acids is 1. The predicted octanol–water partition coefficient (Wildman–Crippen LogP) is 3.73. The number of hydrogen-bond donors (Lipinski definition) is 1. The maximum Gasteiger partial charge on any atom is 0.229 e. The van der Waals surface area contributed by atoms with Gasteiger partial charge in [0.2, 0.25) is 11.0 Å². The van der Waals surface area contributed by atoms with Crippen LogP contribution < -0.4 is 10.1 Å². The van der Waals surface area contributed by atoms with Gasteiger partial charge in [0, 0.05) is 11.5 Å². The number of hydrogen-bond acceptors (Lipinski definition) is 5. The molecule has 116 valence electrons. The normalized spacial score (nSPS) is 15.5. The van der Waals surface area contributed by atoms with Crippen LogP contribution in [-0.2, 0) is 4.79 Å². The molecule has 3 rings (SSSR count). The van der Waals surface area contributed by atoms with E-state index in [1.165, 1.54) is 17.8 Å². The Morgan fingerprint density at radius 3 is 2.86 bits per heavy atom. The van der Waals surface area contributed by atoms with Crippen molar-refractivity contribution in [3.05, 3.63) is 24.3 Å². The summed E-state index contributed by atoms with van der Waals surface area (Å²) in [6.45, 7) is 0. The lowest BCUT2D eigenvalue weighted by Crippen LogP contribution is -2.24. The monoisotopic (exact) mass is 317 g/mol. The molecule has 0 spiro atoms. The van der Waals surface area contributed by atoms with Gasteiger partial charge >= 0.3 is 0 Å². The first kappa shape index (κ1) is 15.0. The third kappa shape index (κ3) is 3.44. The van der Waals surface area contributed by atoms with Crippen LogP contribution in [0.15, 0.2) is 24.3 Å². The summed E-state index contributed by atoms with van der Waals surface area (Å²) in [6, 6.07) is 7.66. The standard InChI is InChI=1S/C16H19N3O2S/c1-21-13-9-5-8-12(10-13)15-18-19-16(22-15)17-14(20)11-6-3-2-4-7-11/h5,8-11H,2-4,6-7H2,1H3,(H,17,19,20). The van der Waals surface area contributed by atoms with E-state index in [1.807, 2.05) is 24.3 Å². The molecule has 0 aliphatic heterocycles. The molecular formula is C16H19N3O2S. The first-order valence-electron chi connectivity index (χ1n) is 7.55. The number of rotatable bonds is 4. The fraction of sp³-hybridized carbons (Fsp3) is 0.438. The molecule has 2 aromatic rings. The molecule has 1 aliphatic carbocycles. The average Bonchev–Trinajstić information content (AvgIpc) is 3.04. The van der Waals surface area contributed by atoms with Gasteiger partial charge in [-0.15, -0.1) is 10.2 Å². The maximum atomic E-state index is 12.2. The van der Waals surface area contributed by atoms with Gasteiger partial charge in [0.05, 0.1) is 7.11 Å². The fourth-order valence-corrected chi connectivity index (χ4v) is 3.46. The second kappa shape index (κ2) is 6.87. The highest BCUT2D eigenvalue weighted by atomic mass is 32.1. The summed E-state index contributed by atoms with van der Waals surface area (Å²) in [7, 11) is 1.63. The molecule has 1 aromatic carbocycles. The summed E-state index contributed by atoms with van der Waals surface area (Å²) in [6.07, 6.45) is 5.48. The van der Waals surface area contributed by atoms with E-state index in [-0.39, 0.29) is 11.8 Å². The van der Waals surface area contributed by atoms with Gasteiger partial charge < -0.3 is 10.1 Å². The van der Waals surface area contributed by atoms with Crippen LogP contribution in [0.1, 0.15) is 32.1 Å². The zero-order valence-electron chi connectivity index (χ0n) is 12.5. The molecule has 1 fully saturated rings. The third-order valence-electron chi connectivity index (χ3n) is 3.95. The summed E-state index contributed by atoms with van der Waals surface area (Å²) in [5, 5.41) is 12.5. The van der Waals surface area contributed by atoms with E-state index >= 15 is 0 Å². The van der Waals surface area contributed by atoms with Crippen molar-refractivity contribution in [3.63, 3.8) is 0 Å². The number of aromatic nitrogens is 2. The molecule has 0 saturated heterocycles. The van der Waals surface area contributed by atoms with Gasteiger partial charge in [-0.3, -0.25) is 4.79 Å². The third-order valence-corrected chi connectivity index (χ3v) is 4.84. The zero-order chi connectivity index (χ0) is 15.4. The van der Waals surface area contributed by atoms with E-state index in [4.69, 9.17) is 4.74 Å². The quantitative estimate of drug-likeness (QED) is 0.933. The Bertz CT molecular complexity index is 650. The molecule has 1 heterocycles. The van der Waals surface area contributed by atoms with E-state index in [9.17, 15) is 4.79 Å². The second-order valence-corrected chi connectivity index (χ2v) is 6.45. The van der Waals surface area contributed by atoms with Gasteiger partial charge in [-0.25, -0.2) is 0 Å². The SMILES string of the molecule is COc1cccc(-c2nnc(NC(=O)C3CCCCC3)s2)c1. The second-order valence-electron chi connectivity index (χ2n) is 5.47. The Balaban J connectivity index is 1.69. The number of nitrogens with zero attached hydrogens (tertiary/aromatic N) is 2. The molecule has 1 saturated carbocycles. The van der Waals surface area contributed by atoms with Crippen molar-refractivity contribution in [3.8, 4) is 16.3 Å². The van der Waals surface area contributed by atoms with Crippen LogP contribution in [0, 0.1) is 5.92 Å². The highest BCUT2D eigenvalue weighted by Gasteiger charge is 2.22. The van der Waals surface area contributed by atoms with E-state index in [1.54, 1.807) is 7.11 Å². The topological polar surface area (TPSA) is 64.1 Å². The maximum absolute atomic E-state index is 12.2. The summed E-state index contributed by atoms with van der Waals surface area (Å²) in [5.41, 5.74) is 0.940. The lowest BCUT2D eigenvalue weighted by atomic mass is 9.89. The molecule has 6 heteroatoms. The van der Waals surface area contributed by atoms with E-state index in [0.717, 1.165) is 42.0 Å². The highest BCUT2D eigenvalue weighted by molar-refractivity contribution is 7.18. The fourth-order valence-electron chi connectivity index (χ4n) is 2.72. The molecule has 1 N–H and O–H groups in total. The van der Waals surface area contributed by atoms with Crippen LogP contribution in [0.5, 0.6) is 5.75 Å². The van der Waals surface area contributed by atoms with Gasteiger partial charge in [0.15, 0.2) is 0 Å². The number of carbonyl (C=O) groups is 1.